The maximum Gasteiger partial charge on any atom is 0.319 e. The number of aryl methyl sites for hydroxylation is 1. The van der Waals surface area contributed by atoms with Gasteiger partial charge in [-0.3, -0.25) is 4.79 Å². The van der Waals surface area contributed by atoms with Crippen molar-refractivity contribution in [2.45, 2.75) is 19.4 Å². The fraction of sp³-hybridized carbons (Fsp3) is 0.200. The largest absolute Gasteiger partial charge is 0.497 e. The van der Waals surface area contributed by atoms with Crippen LogP contribution in [-0.2, 0) is 13.0 Å². The second-order valence-electron chi connectivity index (χ2n) is 7.43. The number of nitrogens with one attached hydrogen (secondary N) is 2. The first-order chi connectivity index (χ1) is 15.1. The molecule has 0 bridgehead atoms. The quantitative estimate of drug-likeness (QED) is 0.639. The highest BCUT2D eigenvalue weighted by Crippen LogP contribution is 2.31. The van der Waals surface area contributed by atoms with E-state index >= 15 is 0 Å². The summed E-state index contributed by atoms with van der Waals surface area (Å²) in [4.78, 5) is 27.1. The van der Waals surface area contributed by atoms with Crippen molar-refractivity contribution in [2.24, 2.45) is 0 Å². The van der Waals surface area contributed by atoms with Gasteiger partial charge in [0.1, 0.15) is 5.75 Å². The molecule has 3 aromatic rings. The van der Waals surface area contributed by atoms with Gasteiger partial charge in [-0.25, -0.2) is 4.79 Å². The van der Waals surface area contributed by atoms with Crippen LogP contribution >= 0.6 is 0 Å². The van der Waals surface area contributed by atoms with Gasteiger partial charge in [0.15, 0.2) is 0 Å². The van der Waals surface area contributed by atoms with Crippen LogP contribution in [0.3, 0.4) is 0 Å². The summed E-state index contributed by atoms with van der Waals surface area (Å²) in [6.07, 6.45) is 1.76. The number of carbonyl (C=O) groups is 2. The number of amides is 3. The molecule has 1 aliphatic rings. The molecule has 0 spiro atoms. The minimum Gasteiger partial charge on any atom is -0.497 e. The molecule has 0 saturated heterocycles. The zero-order valence-corrected chi connectivity index (χ0v) is 17.4. The van der Waals surface area contributed by atoms with Gasteiger partial charge in [-0.1, -0.05) is 30.3 Å². The van der Waals surface area contributed by atoms with Crippen LogP contribution in [0, 0.1) is 0 Å². The molecule has 0 saturated carbocycles. The highest BCUT2D eigenvalue weighted by Gasteiger charge is 2.23. The van der Waals surface area contributed by atoms with Crippen molar-refractivity contribution < 1.29 is 14.3 Å². The van der Waals surface area contributed by atoms with Crippen molar-refractivity contribution in [3.63, 3.8) is 0 Å². The molecule has 6 heteroatoms. The van der Waals surface area contributed by atoms with Crippen LogP contribution in [0.25, 0.3) is 0 Å². The van der Waals surface area contributed by atoms with Crippen molar-refractivity contribution in [2.75, 3.05) is 23.9 Å². The summed E-state index contributed by atoms with van der Waals surface area (Å²) in [5.41, 5.74) is 4.33. The SMILES string of the molecule is COc1ccc(CNC(=O)Nc2ccc3c(c2)CCCN3C(=O)c2ccccc2)cc1. The standard InChI is InChI=1S/C25H25N3O3/c1-31-22-12-9-18(10-13-22)17-26-25(30)27-21-11-14-23-20(16-21)8-5-15-28(23)24(29)19-6-3-2-4-7-19/h2-4,6-7,9-14,16H,5,8,15,17H2,1H3,(H2,26,27,30). The van der Waals surface area contributed by atoms with Gasteiger partial charge in [0.05, 0.1) is 7.11 Å². The number of methoxy groups -OCH3 is 1. The molecular formula is C25H25N3O3. The number of ether oxygens (including phenoxy) is 1. The smallest absolute Gasteiger partial charge is 0.319 e. The zero-order valence-electron chi connectivity index (χ0n) is 17.4. The van der Waals surface area contributed by atoms with E-state index in [1.807, 2.05) is 77.7 Å². The number of nitrogens with zero attached hydrogens (tertiary/aromatic N) is 1. The van der Waals surface area contributed by atoms with Gasteiger partial charge in [-0.2, -0.15) is 0 Å². The fourth-order valence-corrected chi connectivity index (χ4v) is 3.72. The normalized spacial score (nSPS) is 12.6. The first-order valence-electron chi connectivity index (χ1n) is 10.3. The fourth-order valence-electron chi connectivity index (χ4n) is 3.72. The summed E-state index contributed by atoms with van der Waals surface area (Å²) in [6, 6.07) is 22.3. The highest BCUT2D eigenvalue weighted by atomic mass is 16.5. The molecule has 0 aliphatic carbocycles. The first-order valence-corrected chi connectivity index (χ1v) is 10.3. The van der Waals surface area contributed by atoms with E-state index in [2.05, 4.69) is 10.6 Å². The van der Waals surface area contributed by atoms with E-state index in [4.69, 9.17) is 4.74 Å². The molecule has 4 rings (SSSR count). The number of carbonyl (C=O) groups excluding carboxylic acids is 2. The lowest BCUT2D eigenvalue weighted by Gasteiger charge is -2.30. The van der Waals surface area contributed by atoms with Crippen LogP contribution < -0.4 is 20.3 Å². The lowest BCUT2D eigenvalue weighted by molar-refractivity contribution is 0.0985. The molecule has 1 heterocycles. The Kier molecular flexibility index (Phi) is 6.17. The maximum atomic E-state index is 12.9. The predicted molar refractivity (Wildman–Crippen MR) is 122 cm³/mol. The van der Waals surface area contributed by atoms with Crippen LogP contribution in [0.15, 0.2) is 72.8 Å². The van der Waals surface area contributed by atoms with Crippen molar-refractivity contribution in [3.8, 4) is 5.75 Å². The molecular weight excluding hydrogens is 390 g/mol. The van der Waals surface area contributed by atoms with Crippen molar-refractivity contribution in [1.29, 1.82) is 0 Å². The summed E-state index contributed by atoms with van der Waals surface area (Å²) < 4.78 is 5.14. The first kappa shape index (κ1) is 20.5. The van der Waals surface area contributed by atoms with Crippen molar-refractivity contribution >= 4 is 23.3 Å². The molecule has 0 fully saturated rings. The van der Waals surface area contributed by atoms with Gasteiger partial charge in [0.25, 0.3) is 5.91 Å². The third-order valence-corrected chi connectivity index (χ3v) is 5.33. The number of benzene rings is 3. The number of fused-ring (bicyclic) bond motifs is 1. The molecule has 0 radical (unpaired) electrons. The van der Waals surface area contributed by atoms with E-state index in [0.29, 0.717) is 24.3 Å². The average molecular weight is 415 g/mol. The summed E-state index contributed by atoms with van der Waals surface area (Å²) in [7, 11) is 1.62. The van der Waals surface area contributed by atoms with Gasteiger partial charge in [-0.05, 0) is 66.4 Å². The van der Waals surface area contributed by atoms with E-state index in [1.165, 1.54) is 0 Å². The number of hydrogen-bond acceptors (Lipinski definition) is 3. The lowest BCUT2D eigenvalue weighted by atomic mass is 10.00. The molecule has 0 unspecified atom stereocenters. The Bertz CT molecular complexity index is 1070. The summed E-state index contributed by atoms with van der Waals surface area (Å²) >= 11 is 0. The van der Waals surface area contributed by atoms with Crippen molar-refractivity contribution in [3.05, 3.63) is 89.5 Å². The summed E-state index contributed by atoms with van der Waals surface area (Å²) in [5.74, 6) is 0.779. The topological polar surface area (TPSA) is 70.7 Å². The van der Waals surface area contributed by atoms with Crippen LogP contribution in [-0.4, -0.2) is 25.6 Å². The second kappa shape index (κ2) is 9.34. The average Bonchev–Trinajstić information content (AvgIpc) is 2.82. The number of rotatable bonds is 5. The summed E-state index contributed by atoms with van der Waals surface area (Å²) in [6.45, 7) is 1.11. The van der Waals surface area contributed by atoms with Gasteiger partial charge in [0, 0.05) is 30.0 Å². The number of anilines is 2. The Balaban J connectivity index is 1.40. The Labute approximate surface area is 181 Å². The van der Waals surface area contributed by atoms with Gasteiger partial charge in [0.2, 0.25) is 0 Å². The Hall–Kier alpha value is -3.80. The molecule has 0 aromatic heterocycles. The number of hydrogen-bond donors (Lipinski definition) is 2. The summed E-state index contributed by atoms with van der Waals surface area (Å²) in [5, 5.41) is 5.74. The highest BCUT2D eigenvalue weighted by molar-refractivity contribution is 6.07. The Morgan fingerprint density at radius 2 is 1.77 bits per heavy atom. The third kappa shape index (κ3) is 4.86. The Morgan fingerprint density at radius 1 is 1.00 bits per heavy atom. The molecule has 3 amide bonds. The van der Waals surface area contributed by atoms with Crippen LogP contribution in [0.2, 0.25) is 0 Å². The number of urea groups is 1. The van der Waals surface area contributed by atoms with Gasteiger partial charge < -0.3 is 20.3 Å². The predicted octanol–water partition coefficient (Wildman–Crippen LogP) is 4.61. The second-order valence-corrected chi connectivity index (χ2v) is 7.43. The molecule has 1 aliphatic heterocycles. The van der Waals surface area contributed by atoms with E-state index in [0.717, 1.165) is 35.4 Å². The molecule has 158 valence electrons. The van der Waals surface area contributed by atoms with Gasteiger partial charge in [-0.15, -0.1) is 0 Å². The van der Waals surface area contributed by atoms with E-state index in [-0.39, 0.29) is 11.9 Å². The molecule has 6 nitrogen and oxygen atoms in total. The van der Waals surface area contributed by atoms with Crippen LogP contribution in [0.5, 0.6) is 5.75 Å². The van der Waals surface area contributed by atoms with Crippen LogP contribution in [0.4, 0.5) is 16.2 Å². The third-order valence-electron chi connectivity index (χ3n) is 5.33. The molecule has 0 atom stereocenters. The maximum absolute atomic E-state index is 12.9. The molecule has 3 aromatic carbocycles. The minimum absolute atomic E-state index is 0.000469. The van der Waals surface area contributed by atoms with Gasteiger partial charge >= 0.3 is 6.03 Å². The monoisotopic (exact) mass is 415 g/mol. The van der Waals surface area contributed by atoms with E-state index < -0.39 is 0 Å². The van der Waals surface area contributed by atoms with E-state index in [9.17, 15) is 9.59 Å². The molecule has 2 N–H and O–H groups in total. The lowest BCUT2D eigenvalue weighted by Crippen LogP contribution is -2.35. The van der Waals surface area contributed by atoms with Crippen molar-refractivity contribution in [1.82, 2.24) is 5.32 Å². The molecule has 31 heavy (non-hydrogen) atoms. The zero-order chi connectivity index (χ0) is 21.6. The minimum atomic E-state index is -0.274. The Morgan fingerprint density at radius 3 is 2.52 bits per heavy atom. The van der Waals surface area contributed by atoms with Crippen LogP contribution in [0.1, 0.15) is 27.9 Å². The van der Waals surface area contributed by atoms with E-state index in [1.54, 1.807) is 7.11 Å².